The molecule has 0 fully saturated rings. The summed E-state index contributed by atoms with van der Waals surface area (Å²) < 4.78 is 25.7. The van der Waals surface area contributed by atoms with E-state index < -0.39 is 6.43 Å². The summed E-state index contributed by atoms with van der Waals surface area (Å²) in [5.74, 6) is 0. The molecule has 1 N–H and O–H groups in total. The van der Waals surface area contributed by atoms with E-state index in [0.717, 1.165) is 35.1 Å². The molecule has 0 bridgehead atoms. The summed E-state index contributed by atoms with van der Waals surface area (Å²) in [6, 6.07) is 3.08. The molecule has 1 heterocycles. The molecule has 0 radical (unpaired) electrons. The zero-order valence-corrected chi connectivity index (χ0v) is 9.07. The van der Waals surface area contributed by atoms with E-state index in [1.54, 1.807) is 6.07 Å². The number of aryl methyl sites for hydroxylation is 1. The van der Waals surface area contributed by atoms with E-state index >= 15 is 0 Å². The average molecular weight is 262 g/mol. The van der Waals surface area contributed by atoms with Crippen LogP contribution in [-0.4, -0.2) is 6.54 Å². The largest absolute Gasteiger partial charge is 0.384 e. The number of rotatable bonds is 1. The number of halogens is 3. The Bertz CT molecular complexity index is 352. The van der Waals surface area contributed by atoms with E-state index in [0.29, 0.717) is 0 Å². The molecular formula is C10H10BrF2N. The number of hydrogen-bond acceptors (Lipinski definition) is 1. The van der Waals surface area contributed by atoms with Crippen molar-refractivity contribution in [3.63, 3.8) is 0 Å². The topological polar surface area (TPSA) is 12.0 Å². The van der Waals surface area contributed by atoms with E-state index in [4.69, 9.17) is 0 Å². The summed E-state index contributed by atoms with van der Waals surface area (Å²) in [6.07, 6.45) is -0.508. The summed E-state index contributed by atoms with van der Waals surface area (Å²) in [4.78, 5) is 0. The van der Waals surface area contributed by atoms with Gasteiger partial charge in [0.2, 0.25) is 0 Å². The first-order valence-electron chi connectivity index (χ1n) is 4.53. The standard InChI is InChI=1S/C10H10BrF2N/c11-8-5-7(10(12)13)4-6-2-1-3-14-9(6)8/h4-5,10,14H,1-3H2. The van der Waals surface area contributed by atoms with Crippen molar-refractivity contribution in [1.29, 1.82) is 0 Å². The van der Waals surface area contributed by atoms with Crippen molar-refractivity contribution in [2.75, 3.05) is 11.9 Å². The highest BCUT2D eigenvalue weighted by molar-refractivity contribution is 9.10. The second kappa shape index (κ2) is 3.85. The van der Waals surface area contributed by atoms with Crippen LogP contribution in [0.25, 0.3) is 0 Å². The van der Waals surface area contributed by atoms with Crippen molar-refractivity contribution >= 4 is 21.6 Å². The summed E-state index contributed by atoms with van der Waals surface area (Å²) in [7, 11) is 0. The number of fused-ring (bicyclic) bond motifs is 1. The zero-order chi connectivity index (χ0) is 10.1. The van der Waals surface area contributed by atoms with Crippen LogP contribution in [0.4, 0.5) is 14.5 Å². The summed E-state index contributed by atoms with van der Waals surface area (Å²) >= 11 is 3.31. The Morgan fingerprint density at radius 1 is 1.36 bits per heavy atom. The summed E-state index contributed by atoms with van der Waals surface area (Å²) in [6.45, 7) is 0.916. The van der Waals surface area contributed by atoms with Gasteiger partial charge >= 0.3 is 0 Å². The van der Waals surface area contributed by atoms with Gasteiger partial charge in [0.15, 0.2) is 0 Å². The quantitative estimate of drug-likeness (QED) is 0.812. The molecule has 1 aliphatic heterocycles. The molecule has 76 valence electrons. The number of benzene rings is 1. The molecule has 0 saturated heterocycles. The highest BCUT2D eigenvalue weighted by Gasteiger charge is 2.16. The van der Waals surface area contributed by atoms with Crippen molar-refractivity contribution in [2.24, 2.45) is 0 Å². The molecule has 0 amide bonds. The third-order valence-corrected chi connectivity index (χ3v) is 3.00. The normalized spacial score (nSPS) is 15.1. The molecule has 0 aliphatic carbocycles. The van der Waals surface area contributed by atoms with E-state index in [2.05, 4.69) is 21.2 Å². The second-order valence-corrected chi connectivity index (χ2v) is 4.22. The maximum atomic E-state index is 12.5. The van der Waals surface area contributed by atoms with Gasteiger partial charge in [0.25, 0.3) is 6.43 Å². The number of hydrogen-bond donors (Lipinski definition) is 1. The Morgan fingerprint density at radius 2 is 2.14 bits per heavy atom. The molecule has 1 aromatic carbocycles. The first-order chi connectivity index (χ1) is 6.68. The molecule has 1 nitrogen and oxygen atoms in total. The Hall–Kier alpha value is -0.640. The number of nitrogens with one attached hydrogen (secondary N) is 1. The Balaban J connectivity index is 2.46. The fourth-order valence-corrected chi connectivity index (χ4v) is 2.36. The highest BCUT2D eigenvalue weighted by atomic mass is 79.9. The van der Waals surface area contributed by atoms with Gasteiger partial charge in [-0.3, -0.25) is 0 Å². The third-order valence-electron chi connectivity index (χ3n) is 2.37. The Kier molecular flexibility index (Phi) is 2.72. The molecule has 4 heteroatoms. The average Bonchev–Trinajstić information content (AvgIpc) is 2.17. The molecular weight excluding hydrogens is 252 g/mol. The van der Waals surface area contributed by atoms with E-state index in [1.807, 2.05) is 0 Å². The van der Waals surface area contributed by atoms with E-state index in [1.165, 1.54) is 6.07 Å². The van der Waals surface area contributed by atoms with Gasteiger partial charge in [0, 0.05) is 16.6 Å². The molecule has 0 atom stereocenters. The van der Waals surface area contributed by atoms with Crippen LogP contribution in [0.5, 0.6) is 0 Å². The van der Waals surface area contributed by atoms with Crippen molar-refractivity contribution in [3.05, 3.63) is 27.7 Å². The molecule has 1 aliphatic rings. The van der Waals surface area contributed by atoms with Gasteiger partial charge in [-0.15, -0.1) is 0 Å². The molecule has 0 saturated carbocycles. The van der Waals surface area contributed by atoms with Crippen LogP contribution in [0.1, 0.15) is 24.0 Å². The van der Waals surface area contributed by atoms with Crippen LogP contribution < -0.4 is 5.32 Å². The molecule has 0 aromatic heterocycles. The van der Waals surface area contributed by atoms with Crippen LogP contribution >= 0.6 is 15.9 Å². The van der Waals surface area contributed by atoms with Crippen molar-refractivity contribution in [1.82, 2.24) is 0 Å². The maximum Gasteiger partial charge on any atom is 0.263 e. The first-order valence-corrected chi connectivity index (χ1v) is 5.32. The highest BCUT2D eigenvalue weighted by Crippen LogP contribution is 2.34. The predicted octanol–water partition coefficient (Wildman–Crippen LogP) is 3.74. The zero-order valence-electron chi connectivity index (χ0n) is 7.49. The molecule has 0 spiro atoms. The van der Waals surface area contributed by atoms with Crippen LogP contribution in [-0.2, 0) is 6.42 Å². The second-order valence-electron chi connectivity index (χ2n) is 3.37. The summed E-state index contributed by atoms with van der Waals surface area (Å²) in [5.41, 5.74) is 2.06. The van der Waals surface area contributed by atoms with Gasteiger partial charge in [-0.1, -0.05) is 0 Å². The van der Waals surface area contributed by atoms with Crippen LogP contribution in [0.3, 0.4) is 0 Å². The minimum absolute atomic E-state index is 0.0966. The molecule has 1 aromatic rings. The van der Waals surface area contributed by atoms with Gasteiger partial charge in [-0.2, -0.15) is 0 Å². The number of anilines is 1. The van der Waals surface area contributed by atoms with Gasteiger partial charge in [0.05, 0.1) is 5.69 Å². The Labute approximate surface area is 89.6 Å². The predicted molar refractivity (Wildman–Crippen MR) is 55.9 cm³/mol. The lowest BCUT2D eigenvalue weighted by Gasteiger charge is -2.20. The number of alkyl halides is 2. The van der Waals surface area contributed by atoms with Gasteiger partial charge in [0.1, 0.15) is 0 Å². The van der Waals surface area contributed by atoms with Gasteiger partial charge in [-0.25, -0.2) is 8.78 Å². The van der Waals surface area contributed by atoms with E-state index in [9.17, 15) is 8.78 Å². The Morgan fingerprint density at radius 3 is 2.86 bits per heavy atom. The summed E-state index contributed by atoms with van der Waals surface area (Å²) in [5, 5.41) is 3.21. The first kappa shape index (κ1) is 9.90. The molecule has 2 rings (SSSR count). The van der Waals surface area contributed by atoms with Crippen molar-refractivity contribution in [3.8, 4) is 0 Å². The minimum atomic E-state index is -2.39. The fourth-order valence-electron chi connectivity index (χ4n) is 1.70. The lowest BCUT2D eigenvalue weighted by Crippen LogP contribution is -2.12. The molecule has 14 heavy (non-hydrogen) atoms. The fraction of sp³-hybridized carbons (Fsp3) is 0.400. The SMILES string of the molecule is FC(F)c1cc(Br)c2c(c1)CCCN2. The molecule has 0 unspecified atom stereocenters. The van der Waals surface area contributed by atoms with Crippen LogP contribution in [0, 0.1) is 0 Å². The third kappa shape index (κ3) is 1.75. The lowest BCUT2D eigenvalue weighted by molar-refractivity contribution is 0.151. The van der Waals surface area contributed by atoms with Gasteiger partial charge < -0.3 is 5.32 Å². The minimum Gasteiger partial charge on any atom is -0.384 e. The van der Waals surface area contributed by atoms with E-state index in [-0.39, 0.29) is 5.56 Å². The van der Waals surface area contributed by atoms with Crippen LogP contribution in [0.2, 0.25) is 0 Å². The lowest BCUT2D eigenvalue weighted by atomic mass is 10.0. The van der Waals surface area contributed by atoms with Gasteiger partial charge in [-0.05, 0) is 46.5 Å². The monoisotopic (exact) mass is 261 g/mol. The smallest absolute Gasteiger partial charge is 0.263 e. The van der Waals surface area contributed by atoms with Crippen molar-refractivity contribution in [2.45, 2.75) is 19.3 Å². The maximum absolute atomic E-state index is 12.5. The van der Waals surface area contributed by atoms with Crippen LogP contribution in [0.15, 0.2) is 16.6 Å². The van der Waals surface area contributed by atoms with Crippen molar-refractivity contribution < 1.29 is 8.78 Å².